The molecule has 72 valence electrons. The van der Waals surface area contributed by atoms with Crippen molar-refractivity contribution in [3.8, 4) is 0 Å². The number of hydrogen-bond donors (Lipinski definition) is 1. The molecule has 1 rings (SSSR count). The van der Waals surface area contributed by atoms with Gasteiger partial charge in [-0.1, -0.05) is 0 Å². The van der Waals surface area contributed by atoms with Crippen LogP contribution in [0.5, 0.6) is 0 Å². The van der Waals surface area contributed by atoms with Crippen LogP contribution in [0.3, 0.4) is 0 Å². The van der Waals surface area contributed by atoms with Crippen LogP contribution in [0.15, 0.2) is 0 Å². The third kappa shape index (κ3) is 2.35. The average molecular weight is 184 g/mol. The molecule has 1 heterocycles. The van der Waals surface area contributed by atoms with Gasteiger partial charge < -0.3 is 9.84 Å². The molecule has 0 amide bonds. The number of aliphatic hydroxyl groups excluding tert-OH is 1. The second-order valence-corrected chi connectivity index (χ2v) is 2.97. The van der Waals surface area contributed by atoms with E-state index in [1.165, 1.54) is 0 Å². The lowest BCUT2D eigenvalue weighted by molar-refractivity contribution is -0.236. The molecule has 1 aliphatic heterocycles. The van der Waals surface area contributed by atoms with Crippen molar-refractivity contribution in [1.82, 2.24) is 0 Å². The highest BCUT2D eigenvalue weighted by Crippen LogP contribution is 2.31. The van der Waals surface area contributed by atoms with E-state index < -0.39 is 12.3 Å². The second kappa shape index (κ2) is 3.62. The lowest BCUT2D eigenvalue weighted by Crippen LogP contribution is -2.38. The molecule has 2 atom stereocenters. The van der Waals surface area contributed by atoms with Gasteiger partial charge in [-0.2, -0.15) is 13.2 Å². The van der Waals surface area contributed by atoms with Crippen molar-refractivity contribution >= 4 is 0 Å². The minimum Gasteiger partial charge on any atom is -0.396 e. The summed E-state index contributed by atoms with van der Waals surface area (Å²) in [5.74, 6) is -0.259. The fourth-order valence-corrected chi connectivity index (χ4v) is 1.26. The van der Waals surface area contributed by atoms with Crippen LogP contribution in [-0.2, 0) is 4.74 Å². The Morgan fingerprint density at radius 1 is 1.42 bits per heavy atom. The van der Waals surface area contributed by atoms with Gasteiger partial charge in [0.1, 0.15) is 0 Å². The van der Waals surface area contributed by atoms with Crippen LogP contribution in [0, 0.1) is 5.92 Å². The Morgan fingerprint density at radius 2 is 2.08 bits per heavy atom. The van der Waals surface area contributed by atoms with Crippen molar-refractivity contribution in [2.75, 3.05) is 13.2 Å². The number of aliphatic hydroxyl groups is 1. The van der Waals surface area contributed by atoms with E-state index in [0.29, 0.717) is 6.42 Å². The van der Waals surface area contributed by atoms with Gasteiger partial charge in [0.05, 0.1) is 0 Å². The summed E-state index contributed by atoms with van der Waals surface area (Å²) in [6.45, 7) is -0.0919. The Bertz CT molecular complexity index is 146. The van der Waals surface area contributed by atoms with E-state index in [1.807, 2.05) is 0 Å². The van der Waals surface area contributed by atoms with E-state index >= 15 is 0 Å². The second-order valence-electron chi connectivity index (χ2n) is 2.97. The number of rotatable bonds is 1. The van der Waals surface area contributed by atoms with Gasteiger partial charge in [-0.05, 0) is 18.8 Å². The summed E-state index contributed by atoms with van der Waals surface area (Å²) in [6, 6.07) is 0. The van der Waals surface area contributed by atoms with Crippen LogP contribution in [0.2, 0.25) is 0 Å². The van der Waals surface area contributed by atoms with Gasteiger partial charge in [-0.25, -0.2) is 0 Å². The molecule has 1 fully saturated rings. The summed E-state index contributed by atoms with van der Waals surface area (Å²) in [5, 5.41) is 8.65. The zero-order chi connectivity index (χ0) is 9.19. The summed E-state index contributed by atoms with van der Waals surface area (Å²) in [5.41, 5.74) is 0. The quantitative estimate of drug-likeness (QED) is 0.666. The first kappa shape index (κ1) is 9.80. The number of halogens is 3. The van der Waals surface area contributed by atoms with E-state index in [9.17, 15) is 13.2 Å². The molecule has 2 unspecified atom stereocenters. The summed E-state index contributed by atoms with van der Waals surface area (Å²) in [7, 11) is 0. The predicted molar refractivity (Wildman–Crippen MR) is 35.6 cm³/mol. The summed E-state index contributed by atoms with van der Waals surface area (Å²) >= 11 is 0. The smallest absolute Gasteiger partial charge is 0.396 e. The number of ether oxygens (including phenoxy) is 1. The van der Waals surface area contributed by atoms with E-state index in [2.05, 4.69) is 4.74 Å². The zero-order valence-corrected chi connectivity index (χ0v) is 6.47. The molecule has 0 bridgehead atoms. The highest BCUT2D eigenvalue weighted by Gasteiger charge is 2.43. The highest BCUT2D eigenvalue weighted by atomic mass is 19.4. The van der Waals surface area contributed by atoms with Crippen LogP contribution >= 0.6 is 0 Å². The van der Waals surface area contributed by atoms with Crippen LogP contribution in [0.25, 0.3) is 0 Å². The molecule has 2 nitrogen and oxygen atoms in total. The third-order valence-corrected chi connectivity index (χ3v) is 2.02. The molecule has 0 spiro atoms. The Hall–Kier alpha value is -0.290. The Morgan fingerprint density at radius 3 is 2.58 bits per heavy atom. The van der Waals surface area contributed by atoms with E-state index in [-0.39, 0.29) is 25.6 Å². The normalized spacial score (nSPS) is 32.0. The van der Waals surface area contributed by atoms with Crippen LogP contribution in [0.1, 0.15) is 12.8 Å². The molecule has 0 aromatic heterocycles. The van der Waals surface area contributed by atoms with E-state index in [1.54, 1.807) is 0 Å². The van der Waals surface area contributed by atoms with Crippen LogP contribution < -0.4 is 0 Å². The fraction of sp³-hybridized carbons (Fsp3) is 1.00. The Balaban J connectivity index is 2.46. The molecule has 0 aliphatic carbocycles. The first-order valence-corrected chi connectivity index (χ1v) is 3.83. The van der Waals surface area contributed by atoms with Gasteiger partial charge in [-0.15, -0.1) is 0 Å². The summed E-state index contributed by atoms with van der Waals surface area (Å²) in [4.78, 5) is 0. The molecular formula is C7H11F3O2. The minimum absolute atomic E-state index is 0.0927. The summed E-state index contributed by atoms with van der Waals surface area (Å²) < 4.78 is 40.7. The van der Waals surface area contributed by atoms with Gasteiger partial charge in [0.2, 0.25) is 0 Å². The molecule has 0 aromatic carbocycles. The largest absolute Gasteiger partial charge is 0.414 e. The van der Waals surface area contributed by atoms with Crippen molar-refractivity contribution in [1.29, 1.82) is 0 Å². The topological polar surface area (TPSA) is 29.5 Å². The monoisotopic (exact) mass is 184 g/mol. The van der Waals surface area contributed by atoms with Gasteiger partial charge in [-0.3, -0.25) is 0 Å². The predicted octanol–water partition coefficient (Wildman–Crippen LogP) is 1.34. The lowest BCUT2D eigenvalue weighted by Gasteiger charge is -2.29. The SMILES string of the molecule is OCC1CCOC(C(F)(F)F)C1. The van der Waals surface area contributed by atoms with Crippen molar-refractivity contribution in [2.24, 2.45) is 5.92 Å². The molecule has 0 radical (unpaired) electrons. The molecular weight excluding hydrogens is 173 g/mol. The Labute approximate surface area is 68.3 Å². The molecule has 1 N–H and O–H groups in total. The zero-order valence-electron chi connectivity index (χ0n) is 6.47. The standard InChI is InChI=1S/C7H11F3O2/c8-7(9,10)6-3-5(4-11)1-2-12-6/h5-6,11H,1-4H2. The van der Waals surface area contributed by atoms with Crippen molar-refractivity contribution in [3.63, 3.8) is 0 Å². The van der Waals surface area contributed by atoms with Crippen LogP contribution in [-0.4, -0.2) is 30.6 Å². The molecule has 12 heavy (non-hydrogen) atoms. The maximum atomic E-state index is 12.0. The van der Waals surface area contributed by atoms with Gasteiger partial charge in [0, 0.05) is 13.2 Å². The maximum Gasteiger partial charge on any atom is 0.414 e. The first-order valence-electron chi connectivity index (χ1n) is 3.83. The molecule has 1 aliphatic rings. The Kier molecular flexibility index (Phi) is 2.95. The van der Waals surface area contributed by atoms with Gasteiger partial charge in [0.25, 0.3) is 0 Å². The average Bonchev–Trinajstić information content (AvgIpc) is 2.03. The number of hydrogen-bond acceptors (Lipinski definition) is 2. The molecule has 1 saturated heterocycles. The molecule has 0 saturated carbocycles. The molecule has 0 aromatic rings. The lowest BCUT2D eigenvalue weighted by atomic mass is 9.96. The van der Waals surface area contributed by atoms with Crippen molar-refractivity contribution in [2.45, 2.75) is 25.1 Å². The molecule has 5 heteroatoms. The summed E-state index contributed by atoms with van der Waals surface area (Å²) in [6.07, 6.45) is -5.56. The third-order valence-electron chi connectivity index (χ3n) is 2.02. The van der Waals surface area contributed by atoms with Crippen molar-refractivity contribution in [3.05, 3.63) is 0 Å². The maximum absolute atomic E-state index is 12.0. The van der Waals surface area contributed by atoms with E-state index in [0.717, 1.165) is 0 Å². The van der Waals surface area contributed by atoms with Gasteiger partial charge in [0.15, 0.2) is 6.10 Å². The van der Waals surface area contributed by atoms with Crippen LogP contribution in [0.4, 0.5) is 13.2 Å². The first-order chi connectivity index (χ1) is 5.54. The van der Waals surface area contributed by atoms with Gasteiger partial charge >= 0.3 is 6.18 Å². The minimum atomic E-state index is -4.28. The number of alkyl halides is 3. The van der Waals surface area contributed by atoms with E-state index in [4.69, 9.17) is 5.11 Å². The fourth-order valence-electron chi connectivity index (χ4n) is 1.26. The highest BCUT2D eigenvalue weighted by molar-refractivity contribution is 4.76. The van der Waals surface area contributed by atoms with Crippen molar-refractivity contribution < 1.29 is 23.0 Å².